The van der Waals surface area contributed by atoms with Gasteiger partial charge in [0, 0.05) is 51.0 Å². The first kappa shape index (κ1) is 15.5. The van der Waals surface area contributed by atoms with Crippen LogP contribution in [-0.4, -0.2) is 68.3 Å². The van der Waals surface area contributed by atoms with Gasteiger partial charge in [-0.05, 0) is 12.6 Å². The molecule has 1 aliphatic heterocycles. The van der Waals surface area contributed by atoms with Crippen LogP contribution in [0.25, 0.3) is 0 Å². The third-order valence-corrected chi connectivity index (χ3v) is 4.20. The molecule has 2 aromatic heterocycles. The van der Waals surface area contributed by atoms with E-state index >= 15 is 0 Å². The van der Waals surface area contributed by atoms with Gasteiger partial charge in [-0.25, -0.2) is 9.78 Å². The number of imidazole rings is 1. The number of likely N-dealkylation sites (N-methyl/N-ethyl adjacent to an activating group) is 1. The molecule has 0 bridgehead atoms. The molecule has 124 valence electrons. The minimum Gasteiger partial charge on any atom is -0.347 e. The van der Waals surface area contributed by atoms with Gasteiger partial charge in [-0.2, -0.15) is 5.10 Å². The Balaban J connectivity index is 1.54. The van der Waals surface area contributed by atoms with Gasteiger partial charge in [0.05, 0.1) is 12.6 Å². The van der Waals surface area contributed by atoms with E-state index in [2.05, 4.69) is 32.2 Å². The van der Waals surface area contributed by atoms with Crippen molar-refractivity contribution in [2.75, 3.05) is 32.7 Å². The van der Waals surface area contributed by atoms with Crippen molar-refractivity contribution >= 4 is 6.03 Å². The monoisotopic (exact) mass is 317 g/mol. The summed E-state index contributed by atoms with van der Waals surface area (Å²) in [5.74, 6) is 0.917. The van der Waals surface area contributed by atoms with Crippen LogP contribution in [0.5, 0.6) is 0 Å². The van der Waals surface area contributed by atoms with Gasteiger partial charge in [0.25, 0.3) is 0 Å². The summed E-state index contributed by atoms with van der Waals surface area (Å²) in [5, 5.41) is 7.09. The second kappa shape index (κ2) is 7.28. The van der Waals surface area contributed by atoms with Crippen LogP contribution in [0.4, 0.5) is 4.79 Å². The highest BCUT2D eigenvalue weighted by atomic mass is 16.2. The fraction of sp³-hybridized carbons (Fsp3) is 0.533. The second-order valence-electron chi connectivity index (χ2n) is 5.57. The first-order valence-electron chi connectivity index (χ1n) is 8.01. The van der Waals surface area contributed by atoms with E-state index in [1.54, 1.807) is 17.1 Å². The number of H-pyrrole nitrogens is 1. The summed E-state index contributed by atoms with van der Waals surface area (Å²) >= 11 is 0. The number of hydrogen-bond donors (Lipinski definition) is 2. The van der Waals surface area contributed by atoms with Crippen molar-refractivity contribution in [1.82, 2.24) is 34.9 Å². The van der Waals surface area contributed by atoms with Gasteiger partial charge in [-0.1, -0.05) is 6.92 Å². The molecule has 1 saturated heterocycles. The SMILES string of the molecule is CCN1CCN(C(=O)NCCn2cccn2)C[C@H]1c1ncc[nH]1. The Hall–Kier alpha value is -2.35. The molecule has 1 aliphatic rings. The van der Waals surface area contributed by atoms with Crippen LogP contribution >= 0.6 is 0 Å². The van der Waals surface area contributed by atoms with Crippen LogP contribution in [0.1, 0.15) is 18.8 Å². The first-order valence-corrected chi connectivity index (χ1v) is 8.01. The molecular formula is C15H23N7O. The summed E-state index contributed by atoms with van der Waals surface area (Å²) in [4.78, 5) is 24.1. The van der Waals surface area contributed by atoms with Crippen molar-refractivity contribution in [1.29, 1.82) is 0 Å². The van der Waals surface area contributed by atoms with Crippen LogP contribution in [0.3, 0.4) is 0 Å². The number of nitrogens with zero attached hydrogens (tertiary/aromatic N) is 5. The predicted octanol–water partition coefficient (Wildman–Crippen LogP) is 0.695. The molecule has 3 heterocycles. The number of aromatic nitrogens is 4. The molecule has 0 radical (unpaired) electrons. The maximum atomic E-state index is 12.4. The number of rotatable bonds is 5. The molecule has 0 spiro atoms. The number of carbonyl (C=O) groups is 1. The van der Waals surface area contributed by atoms with Crippen molar-refractivity contribution in [3.8, 4) is 0 Å². The standard InChI is InChI=1S/C15H23N7O/c1-2-20-10-11-21(12-13(20)14-16-5-6-17-14)15(23)18-7-9-22-8-3-4-19-22/h3-6,8,13H,2,7,9-12H2,1H3,(H,16,17)(H,18,23)/t13-/m0/s1. The molecule has 23 heavy (non-hydrogen) atoms. The predicted molar refractivity (Wildman–Crippen MR) is 85.8 cm³/mol. The van der Waals surface area contributed by atoms with Gasteiger partial charge in [0.2, 0.25) is 0 Å². The van der Waals surface area contributed by atoms with Gasteiger partial charge in [0.15, 0.2) is 0 Å². The van der Waals surface area contributed by atoms with E-state index in [4.69, 9.17) is 0 Å². The van der Waals surface area contributed by atoms with Crippen molar-refractivity contribution in [2.45, 2.75) is 19.5 Å². The van der Waals surface area contributed by atoms with Crippen molar-refractivity contribution < 1.29 is 4.79 Å². The molecule has 2 N–H and O–H groups in total. The molecule has 0 aliphatic carbocycles. The van der Waals surface area contributed by atoms with Gasteiger partial charge < -0.3 is 15.2 Å². The van der Waals surface area contributed by atoms with Gasteiger partial charge >= 0.3 is 6.03 Å². The molecule has 2 aromatic rings. The molecule has 8 heteroatoms. The fourth-order valence-corrected chi connectivity index (χ4v) is 2.92. The molecular weight excluding hydrogens is 294 g/mol. The molecule has 1 atom stereocenters. The van der Waals surface area contributed by atoms with E-state index in [1.807, 2.05) is 23.4 Å². The van der Waals surface area contributed by atoms with E-state index in [-0.39, 0.29) is 12.1 Å². The molecule has 0 unspecified atom stereocenters. The average Bonchev–Trinajstić information content (AvgIpc) is 3.27. The van der Waals surface area contributed by atoms with Crippen LogP contribution in [-0.2, 0) is 6.54 Å². The Labute approximate surface area is 135 Å². The van der Waals surface area contributed by atoms with E-state index in [0.717, 1.165) is 25.5 Å². The number of urea groups is 1. The molecule has 8 nitrogen and oxygen atoms in total. The summed E-state index contributed by atoms with van der Waals surface area (Å²) in [6.07, 6.45) is 7.21. The van der Waals surface area contributed by atoms with Gasteiger partial charge in [-0.15, -0.1) is 0 Å². The van der Waals surface area contributed by atoms with E-state index < -0.39 is 0 Å². The van der Waals surface area contributed by atoms with Crippen LogP contribution < -0.4 is 5.32 Å². The van der Waals surface area contributed by atoms with Gasteiger partial charge in [0.1, 0.15) is 5.82 Å². The molecule has 1 fully saturated rings. The Morgan fingerprint density at radius 2 is 2.35 bits per heavy atom. The number of aromatic amines is 1. The average molecular weight is 317 g/mol. The van der Waals surface area contributed by atoms with E-state index in [9.17, 15) is 4.79 Å². The number of piperazine rings is 1. The molecule has 3 rings (SSSR count). The minimum atomic E-state index is -0.0236. The Kier molecular flexibility index (Phi) is 4.92. The lowest BCUT2D eigenvalue weighted by Crippen LogP contribution is -2.53. The minimum absolute atomic E-state index is 0.0236. The zero-order valence-corrected chi connectivity index (χ0v) is 13.4. The normalized spacial score (nSPS) is 19.0. The lowest BCUT2D eigenvalue weighted by Gasteiger charge is -2.39. The summed E-state index contributed by atoms with van der Waals surface area (Å²) < 4.78 is 1.81. The third-order valence-electron chi connectivity index (χ3n) is 4.20. The third kappa shape index (κ3) is 3.70. The Morgan fingerprint density at radius 3 is 3.04 bits per heavy atom. The van der Waals surface area contributed by atoms with E-state index in [0.29, 0.717) is 19.6 Å². The Morgan fingerprint density at radius 1 is 1.43 bits per heavy atom. The maximum absolute atomic E-state index is 12.4. The molecule has 2 amide bonds. The zero-order chi connectivity index (χ0) is 16.1. The van der Waals surface area contributed by atoms with Crippen molar-refractivity contribution in [2.24, 2.45) is 0 Å². The lowest BCUT2D eigenvalue weighted by atomic mass is 10.1. The highest BCUT2D eigenvalue weighted by Crippen LogP contribution is 2.22. The van der Waals surface area contributed by atoms with Gasteiger partial charge in [-0.3, -0.25) is 9.58 Å². The zero-order valence-electron chi connectivity index (χ0n) is 13.4. The number of nitrogens with one attached hydrogen (secondary N) is 2. The van der Waals surface area contributed by atoms with E-state index in [1.165, 1.54) is 0 Å². The maximum Gasteiger partial charge on any atom is 0.317 e. The highest BCUT2D eigenvalue weighted by Gasteiger charge is 2.30. The summed E-state index contributed by atoms with van der Waals surface area (Å²) in [6, 6.07) is 1.98. The highest BCUT2D eigenvalue weighted by molar-refractivity contribution is 5.74. The van der Waals surface area contributed by atoms with Crippen LogP contribution in [0.2, 0.25) is 0 Å². The fourth-order valence-electron chi connectivity index (χ4n) is 2.92. The number of hydrogen-bond acceptors (Lipinski definition) is 4. The summed E-state index contributed by atoms with van der Waals surface area (Å²) in [7, 11) is 0. The first-order chi connectivity index (χ1) is 11.3. The van der Waals surface area contributed by atoms with Crippen molar-refractivity contribution in [3.63, 3.8) is 0 Å². The largest absolute Gasteiger partial charge is 0.347 e. The topological polar surface area (TPSA) is 82.1 Å². The quantitative estimate of drug-likeness (QED) is 0.850. The molecule has 0 saturated carbocycles. The number of amides is 2. The second-order valence-corrected chi connectivity index (χ2v) is 5.57. The van der Waals surface area contributed by atoms with Crippen molar-refractivity contribution in [3.05, 3.63) is 36.7 Å². The van der Waals surface area contributed by atoms with Crippen LogP contribution in [0.15, 0.2) is 30.9 Å². The lowest BCUT2D eigenvalue weighted by molar-refractivity contribution is 0.0897. The number of carbonyl (C=O) groups excluding carboxylic acids is 1. The Bertz CT molecular complexity index is 595. The smallest absolute Gasteiger partial charge is 0.317 e. The summed E-state index contributed by atoms with van der Waals surface area (Å²) in [5.41, 5.74) is 0. The summed E-state index contributed by atoms with van der Waals surface area (Å²) in [6.45, 7) is 6.56. The molecule has 0 aromatic carbocycles. The van der Waals surface area contributed by atoms with Crippen LogP contribution in [0, 0.1) is 0 Å².